The Bertz CT molecular complexity index is 576. The summed E-state index contributed by atoms with van der Waals surface area (Å²) < 4.78 is 37.3. The largest absolute Gasteiger partial charge is 0.493 e. The van der Waals surface area contributed by atoms with Crippen molar-refractivity contribution in [2.75, 3.05) is 19.5 Å². The lowest BCUT2D eigenvalue weighted by Gasteiger charge is -2.18. The summed E-state index contributed by atoms with van der Waals surface area (Å²) in [6.45, 7) is 8.78. The van der Waals surface area contributed by atoms with Crippen LogP contribution in [0.2, 0.25) is 0 Å². The molecule has 0 radical (unpaired) electrons. The van der Waals surface area contributed by atoms with Crippen LogP contribution in [-0.2, 0) is 16.6 Å². The van der Waals surface area contributed by atoms with E-state index in [1.807, 2.05) is 33.8 Å². The highest BCUT2D eigenvalue weighted by Gasteiger charge is 2.17. The van der Waals surface area contributed by atoms with Gasteiger partial charge in [-0.1, -0.05) is 26.8 Å². The van der Waals surface area contributed by atoms with Crippen LogP contribution in [0.25, 0.3) is 0 Å². The van der Waals surface area contributed by atoms with Crippen molar-refractivity contribution in [3.8, 4) is 11.5 Å². The summed E-state index contributed by atoms with van der Waals surface area (Å²) in [5, 5.41) is 0. The molecule has 0 aromatic heterocycles. The molecule has 22 heavy (non-hydrogen) atoms. The van der Waals surface area contributed by atoms with Gasteiger partial charge in [-0.05, 0) is 36.5 Å². The van der Waals surface area contributed by atoms with Gasteiger partial charge < -0.3 is 9.47 Å². The molecule has 0 amide bonds. The van der Waals surface area contributed by atoms with Crippen molar-refractivity contribution < 1.29 is 17.9 Å². The zero-order valence-electron chi connectivity index (χ0n) is 14.1. The summed E-state index contributed by atoms with van der Waals surface area (Å²) >= 11 is 0. The molecule has 0 fully saturated rings. The average molecular weight is 329 g/mol. The van der Waals surface area contributed by atoms with Crippen LogP contribution in [-0.4, -0.2) is 27.9 Å². The highest BCUT2D eigenvalue weighted by Crippen LogP contribution is 2.28. The Labute approximate surface area is 134 Å². The van der Waals surface area contributed by atoms with Crippen molar-refractivity contribution >= 4 is 10.0 Å². The first-order valence-electron chi connectivity index (χ1n) is 7.44. The molecule has 0 aliphatic rings. The van der Waals surface area contributed by atoms with Gasteiger partial charge in [0.25, 0.3) is 0 Å². The molecule has 0 aliphatic heterocycles. The minimum atomic E-state index is -3.27. The van der Waals surface area contributed by atoms with Crippen LogP contribution < -0.4 is 14.2 Å². The summed E-state index contributed by atoms with van der Waals surface area (Å²) in [6.07, 6.45) is 0.620. The van der Waals surface area contributed by atoms with Gasteiger partial charge in [0.15, 0.2) is 11.5 Å². The van der Waals surface area contributed by atoms with Gasteiger partial charge in [0, 0.05) is 6.54 Å². The smallest absolute Gasteiger partial charge is 0.211 e. The monoisotopic (exact) mass is 329 g/mol. The van der Waals surface area contributed by atoms with Crippen molar-refractivity contribution in [1.82, 2.24) is 4.72 Å². The van der Waals surface area contributed by atoms with Gasteiger partial charge in [0.2, 0.25) is 10.0 Å². The van der Waals surface area contributed by atoms with E-state index in [1.165, 1.54) is 0 Å². The molecule has 0 unspecified atom stereocenters. The first kappa shape index (κ1) is 18.8. The van der Waals surface area contributed by atoms with Crippen LogP contribution in [0.15, 0.2) is 18.2 Å². The minimum Gasteiger partial charge on any atom is -0.493 e. The SMILES string of the molecule is CCOc1ccc(CNS(=O)(=O)CCC(C)(C)C)cc1OC. The van der Waals surface area contributed by atoms with Crippen molar-refractivity contribution in [3.63, 3.8) is 0 Å². The molecule has 0 saturated heterocycles. The van der Waals surface area contributed by atoms with E-state index in [0.29, 0.717) is 24.5 Å². The standard InChI is InChI=1S/C16H27NO4S/c1-6-21-14-8-7-13(11-15(14)20-5)12-17-22(18,19)10-9-16(2,3)4/h7-8,11,17H,6,9-10,12H2,1-5H3. The van der Waals surface area contributed by atoms with E-state index in [4.69, 9.17) is 9.47 Å². The van der Waals surface area contributed by atoms with Gasteiger partial charge in [0.1, 0.15) is 0 Å². The van der Waals surface area contributed by atoms with Gasteiger partial charge in [0.05, 0.1) is 19.5 Å². The zero-order valence-corrected chi connectivity index (χ0v) is 14.9. The molecule has 1 N–H and O–H groups in total. The molecule has 0 bridgehead atoms. The number of ether oxygens (including phenoxy) is 2. The predicted octanol–water partition coefficient (Wildman–Crippen LogP) is 2.95. The maximum Gasteiger partial charge on any atom is 0.211 e. The van der Waals surface area contributed by atoms with Gasteiger partial charge in [-0.3, -0.25) is 0 Å². The van der Waals surface area contributed by atoms with Crippen molar-refractivity contribution in [3.05, 3.63) is 23.8 Å². The Morgan fingerprint density at radius 3 is 2.41 bits per heavy atom. The van der Waals surface area contributed by atoms with Gasteiger partial charge in [-0.2, -0.15) is 0 Å². The van der Waals surface area contributed by atoms with Crippen LogP contribution in [0.3, 0.4) is 0 Å². The highest BCUT2D eigenvalue weighted by molar-refractivity contribution is 7.89. The van der Waals surface area contributed by atoms with Crippen LogP contribution in [0, 0.1) is 5.41 Å². The topological polar surface area (TPSA) is 64.6 Å². The molecule has 0 spiro atoms. The fraction of sp³-hybridized carbons (Fsp3) is 0.625. The predicted molar refractivity (Wildman–Crippen MR) is 88.9 cm³/mol. The molecular formula is C16H27NO4S. The van der Waals surface area contributed by atoms with Crippen molar-refractivity contribution in [1.29, 1.82) is 0 Å². The number of hydrogen-bond donors (Lipinski definition) is 1. The van der Waals surface area contributed by atoms with E-state index in [9.17, 15) is 8.42 Å². The summed E-state index contributed by atoms with van der Waals surface area (Å²) in [4.78, 5) is 0. The molecular weight excluding hydrogens is 302 g/mol. The van der Waals surface area contributed by atoms with E-state index in [0.717, 1.165) is 5.56 Å². The number of hydrogen-bond acceptors (Lipinski definition) is 4. The molecule has 0 heterocycles. The Morgan fingerprint density at radius 1 is 1.18 bits per heavy atom. The lowest BCUT2D eigenvalue weighted by molar-refractivity contribution is 0.310. The number of methoxy groups -OCH3 is 1. The second-order valence-electron chi connectivity index (χ2n) is 6.37. The summed E-state index contributed by atoms with van der Waals surface area (Å²) in [6, 6.07) is 5.41. The fourth-order valence-electron chi connectivity index (χ4n) is 1.80. The van der Waals surface area contributed by atoms with Crippen molar-refractivity contribution in [2.24, 2.45) is 5.41 Å². The molecule has 6 heteroatoms. The quantitative estimate of drug-likeness (QED) is 0.796. The lowest BCUT2D eigenvalue weighted by Crippen LogP contribution is -2.28. The third kappa shape index (κ3) is 6.66. The van der Waals surface area contributed by atoms with Crippen LogP contribution in [0.1, 0.15) is 39.7 Å². The molecule has 126 valence electrons. The third-order valence-corrected chi connectivity index (χ3v) is 4.47. The Hall–Kier alpha value is -1.27. The summed E-state index contributed by atoms with van der Waals surface area (Å²) in [5.41, 5.74) is 0.830. The zero-order chi connectivity index (χ0) is 16.8. The van der Waals surface area contributed by atoms with Gasteiger partial charge >= 0.3 is 0 Å². The average Bonchev–Trinajstić information content (AvgIpc) is 2.44. The third-order valence-electron chi connectivity index (χ3n) is 3.14. The van der Waals surface area contributed by atoms with Crippen LogP contribution in [0.4, 0.5) is 0 Å². The Morgan fingerprint density at radius 2 is 1.86 bits per heavy atom. The number of rotatable bonds is 8. The normalized spacial score (nSPS) is 12.2. The number of sulfonamides is 1. The second-order valence-corrected chi connectivity index (χ2v) is 8.30. The molecule has 0 saturated carbocycles. The molecule has 0 atom stereocenters. The van der Waals surface area contributed by atoms with Crippen LogP contribution in [0.5, 0.6) is 11.5 Å². The summed E-state index contributed by atoms with van der Waals surface area (Å²) in [5.74, 6) is 1.39. The maximum atomic E-state index is 12.0. The van der Waals surface area contributed by atoms with E-state index in [-0.39, 0.29) is 17.7 Å². The first-order chi connectivity index (χ1) is 10.2. The van der Waals surface area contributed by atoms with Crippen molar-refractivity contribution in [2.45, 2.75) is 40.7 Å². The Kier molecular flexibility index (Phi) is 6.68. The molecule has 5 nitrogen and oxygen atoms in total. The lowest BCUT2D eigenvalue weighted by atomic mass is 9.94. The maximum absolute atomic E-state index is 12.0. The van der Waals surface area contributed by atoms with Gasteiger partial charge in [-0.25, -0.2) is 13.1 Å². The summed E-state index contributed by atoms with van der Waals surface area (Å²) in [7, 11) is -1.71. The second kappa shape index (κ2) is 7.83. The van der Waals surface area contributed by atoms with E-state index >= 15 is 0 Å². The van der Waals surface area contributed by atoms with Crippen LogP contribution >= 0.6 is 0 Å². The molecule has 1 rings (SSSR count). The van der Waals surface area contributed by atoms with E-state index < -0.39 is 10.0 Å². The highest BCUT2D eigenvalue weighted by atomic mass is 32.2. The minimum absolute atomic E-state index is 0.00287. The van der Waals surface area contributed by atoms with E-state index in [1.54, 1.807) is 19.2 Å². The molecule has 0 aliphatic carbocycles. The van der Waals surface area contributed by atoms with E-state index in [2.05, 4.69) is 4.72 Å². The van der Waals surface area contributed by atoms with Gasteiger partial charge in [-0.15, -0.1) is 0 Å². The first-order valence-corrected chi connectivity index (χ1v) is 9.09. The molecule has 1 aromatic rings. The fourth-order valence-corrected chi connectivity index (χ4v) is 3.21. The number of benzene rings is 1. The molecule has 1 aromatic carbocycles. The number of nitrogens with one attached hydrogen (secondary N) is 1. The Balaban J connectivity index is 2.67.